The molecule has 0 aliphatic rings. The Balaban J connectivity index is 1.09. The molecule has 242 valence electrons. The molecule has 3 aromatic heterocycles. The summed E-state index contributed by atoms with van der Waals surface area (Å²) in [7, 11) is 0. The van der Waals surface area contributed by atoms with Crippen LogP contribution < -0.4 is 0 Å². The number of hydrogen-bond donors (Lipinski definition) is 0. The van der Waals surface area contributed by atoms with Gasteiger partial charge in [-0.25, -0.2) is 9.97 Å². The van der Waals surface area contributed by atoms with E-state index in [9.17, 15) is 0 Å². The van der Waals surface area contributed by atoms with Gasteiger partial charge < -0.3 is 4.57 Å². The fraction of sp³-hybridized carbons (Fsp3) is 0. The number of thiophene rings is 1. The highest BCUT2D eigenvalue weighted by Crippen LogP contribution is 2.48. The second-order valence-corrected chi connectivity index (χ2v) is 14.4. The van der Waals surface area contributed by atoms with E-state index in [0.29, 0.717) is 5.82 Å². The Morgan fingerprint density at radius 2 is 1.00 bits per heavy atom. The summed E-state index contributed by atoms with van der Waals surface area (Å²) in [4.78, 5) is 10.3. The van der Waals surface area contributed by atoms with Gasteiger partial charge in [0.1, 0.15) is 0 Å². The second kappa shape index (κ2) is 11.5. The van der Waals surface area contributed by atoms with Crippen LogP contribution in [0.3, 0.4) is 0 Å². The molecule has 8 aromatic carbocycles. The maximum Gasteiger partial charge on any atom is 0.160 e. The van der Waals surface area contributed by atoms with Crippen LogP contribution in [0, 0.1) is 0 Å². The van der Waals surface area contributed by atoms with Crippen molar-refractivity contribution in [1.29, 1.82) is 0 Å². The highest BCUT2D eigenvalue weighted by Gasteiger charge is 2.21. The molecule has 11 aromatic rings. The number of benzene rings is 8. The van der Waals surface area contributed by atoms with Gasteiger partial charge in [-0.15, -0.1) is 11.3 Å². The molecule has 0 aliphatic carbocycles. The number of para-hydroxylation sites is 2. The van der Waals surface area contributed by atoms with Gasteiger partial charge in [-0.05, 0) is 53.6 Å². The van der Waals surface area contributed by atoms with Crippen LogP contribution in [-0.4, -0.2) is 14.5 Å². The predicted octanol–water partition coefficient (Wildman–Crippen LogP) is 13.2. The van der Waals surface area contributed by atoms with Crippen LogP contribution in [0.15, 0.2) is 176 Å². The Kier molecular flexibility index (Phi) is 6.42. The van der Waals surface area contributed by atoms with Gasteiger partial charge in [-0.2, -0.15) is 0 Å². The maximum atomic E-state index is 5.22. The molecule has 0 radical (unpaired) electrons. The molecule has 0 saturated carbocycles. The Morgan fingerprint density at radius 1 is 0.404 bits per heavy atom. The zero-order valence-corrected chi connectivity index (χ0v) is 28.8. The van der Waals surface area contributed by atoms with Gasteiger partial charge in [0.05, 0.1) is 22.2 Å². The van der Waals surface area contributed by atoms with E-state index in [1.165, 1.54) is 63.9 Å². The first-order valence-electron chi connectivity index (χ1n) is 17.6. The molecule has 0 bridgehead atoms. The topological polar surface area (TPSA) is 30.7 Å². The molecule has 4 heteroatoms. The van der Waals surface area contributed by atoms with Crippen molar-refractivity contribution in [1.82, 2.24) is 14.5 Å². The van der Waals surface area contributed by atoms with Gasteiger partial charge >= 0.3 is 0 Å². The molecule has 0 saturated heterocycles. The predicted molar refractivity (Wildman–Crippen MR) is 221 cm³/mol. The highest BCUT2D eigenvalue weighted by molar-refractivity contribution is 7.27. The third-order valence-electron chi connectivity index (χ3n) is 10.4. The van der Waals surface area contributed by atoms with Gasteiger partial charge in [-0.1, -0.05) is 133 Å². The Hall–Kier alpha value is -6.62. The lowest BCUT2D eigenvalue weighted by Gasteiger charge is -2.13. The maximum absolute atomic E-state index is 5.22. The van der Waals surface area contributed by atoms with E-state index in [-0.39, 0.29) is 0 Å². The van der Waals surface area contributed by atoms with Crippen LogP contribution in [0.2, 0.25) is 0 Å². The fourth-order valence-electron chi connectivity index (χ4n) is 8.02. The SMILES string of the molecule is c1ccc(-c2ccc(-c3nc(-c4ccc(-n5c6ccccc6c6c7c8ccccc8sc7c7ccccc7c65)cc4)nc4ccccc34)cc2)cc1. The average Bonchev–Trinajstić information content (AvgIpc) is 3.78. The number of aromatic nitrogens is 3. The monoisotopic (exact) mass is 679 g/mol. The third-order valence-corrected chi connectivity index (χ3v) is 11.6. The van der Waals surface area contributed by atoms with Crippen molar-refractivity contribution in [2.45, 2.75) is 0 Å². The summed E-state index contributed by atoms with van der Waals surface area (Å²) < 4.78 is 5.11. The molecular weight excluding hydrogens is 651 g/mol. The van der Waals surface area contributed by atoms with Crippen LogP contribution in [-0.2, 0) is 0 Å². The third kappa shape index (κ3) is 4.38. The smallest absolute Gasteiger partial charge is 0.160 e. The van der Waals surface area contributed by atoms with E-state index >= 15 is 0 Å². The number of fused-ring (bicyclic) bond motifs is 11. The summed E-state index contributed by atoms with van der Waals surface area (Å²) in [5.41, 5.74) is 9.84. The Bertz CT molecular complexity index is 3160. The molecule has 0 unspecified atom stereocenters. The first-order valence-corrected chi connectivity index (χ1v) is 18.4. The number of hydrogen-bond acceptors (Lipinski definition) is 3. The van der Waals surface area contributed by atoms with E-state index in [1.807, 2.05) is 23.5 Å². The van der Waals surface area contributed by atoms with Crippen LogP contribution in [0.5, 0.6) is 0 Å². The standard InChI is InChI=1S/C48H29N3S/c1-2-12-30(13-3-1)31-22-24-32(25-23-31)45-37-16-6-9-19-40(37)49-48(50-45)33-26-28-34(29-27-33)51-41-20-10-7-17-38(41)43-44-39-18-8-11-21-42(39)52-47(44)36-15-5-4-14-35(36)46(43)51/h1-29H. The lowest BCUT2D eigenvalue weighted by molar-refractivity contribution is 1.18. The normalized spacial score (nSPS) is 11.8. The molecule has 0 aliphatic heterocycles. The first kappa shape index (κ1) is 29.1. The fourth-order valence-corrected chi connectivity index (χ4v) is 9.27. The Morgan fingerprint density at radius 3 is 1.81 bits per heavy atom. The quantitative estimate of drug-likeness (QED) is 0.185. The lowest BCUT2D eigenvalue weighted by Crippen LogP contribution is -1.97. The minimum Gasteiger partial charge on any atom is -0.309 e. The first-order chi connectivity index (χ1) is 25.8. The van der Waals surface area contributed by atoms with E-state index < -0.39 is 0 Å². The Labute approximate surface area is 303 Å². The minimum absolute atomic E-state index is 0.714. The molecule has 0 spiro atoms. The van der Waals surface area contributed by atoms with Crippen molar-refractivity contribution in [3.63, 3.8) is 0 Å². The van der Waals surface area contributed by atoms with Crippen molar-refractivity contribution in [2.75, 3.05) is 0 Å². The molecule has 11 rings (SSSR count). The minimum atomic E-state index is 0.714. The average molecular weight is 680 g/mol. The zero-order valence-electron chi connectivity index (χ0n) is 28.0. The summed E-state index contributed by atoms with van der Waals surface area (Å²) in [6, 6.07) is 62.8. The molecule has 3 heterocycles. The van der Waals surface area contributed by atoms with Gasteiger partial charge in [0.15, 0.2) is 5.82 Å². The van der Waals surface area contributed by atoms with Gasteiger partial charge in [0.2, 0.25) is 0 Å². The largest absolute Gasteiger partial charge is 0.309 e. The molecule has 0 amide bonds. The summed E-state index contributed by atoms with van der Waals surface area (Å²) in [6.07, 6.45) is 0. The van der Waals surface area contributed by atoms with Crippen molar-refractivity contribution >= 4 is 75.0 Å². The molecule has 3 nitrogen and oxygen atoms in total. The van der Waals surface area contributed by atoms with Crippen LogP contribution in [0.25, 0.3) is 103 Å². The molecular formula is C48H29N3S. The van der Waals surface area contributed by atoms with Crippen molar-refractivity contribution in [2.24, 2.45) is 0 Å². The van der Waals surface area contributed by atoms with Crippen molar-refractivity contribution in [3.8, 4) is 39.5 Å². The molecule has 0 fully saturated rings. The molecule has 0 atom stereocenters. The molecule has 52 heavy (non-hydrogen) atoms. The van der Waals surface area contributed by atoms with Gasteiger partial charge in [-0.3, -0.25) is 0 Å². The van der Waals surface area contributed by atoms with E-state index in [2.05, 4.69) is 168 Å². The van der Waals surface area contributed by atoms with E-state index in [0.717, 1.165) is 33.4 Å². The number of nitrogens with zero attached hydrogens (tertiary/aromatic N) is 3. The van der Waals surface area contributed by atoms with E-state index in [1.54, 1.807) is 0 Å². The van der Waals surface area contributed by atoms with Gasteiger partial charge in [0.25, 0.3) is 0 Å². The summed E-state index contributed by atoms with van der Waals surface area (Å²) >= 11 is 1.90. The van der Waals surface area contributed by atoms with Crippen molar-refractivity contribution < 1.29 is 0 Å². The second-order valence-electron chi connectivity index (χ2n) is 13.3. The van der Waals surface area contributed by atoms with Gasteiger partial charge in [0, 0.05) is 63.9 Å². The lowest BCUT2D eigenvalue weighted by atomic mass is 10.00. The van der Waals surface area contributed by atoms with Crippen LogP contribution in [0.1, 0.15) is 0 Å². The summed E-state index contributed by atoms with van der Waals surface area (Å²) in [6.45, 7) is 0. The van der Waals surface area contributed by atoms with Crippen molar-refractivity contribution in [3.05, 3.63) is 176 Å². The highest BCUT2D eigenvalue weighted by atomic mass is 32.1. The molecule has 0 N–H and O–H groups in total. The number of rotatable bonds is 4. The van der Waals surface area contributed by atoms with Crippen LogP contribution in [0.4, 0.5) is 0 Å². The van der Waals surface area contributed by atoms with Crippen LogP contribution >= 0.6 is 11.3 Å². The van der Waals surface area contributed by atoms with E-state index in [4.69, 9.17) is 9.97 Å². The summed E-state index contributed by atoms with van der Waals surface area (Å²) in [5, 5.41) is 8.83. The summed E-state index contributed by atoms with van der Waals surface area (Å²) in [5.74, 6) is 0.714. The zero-order chi connectivity index (χ0) is 34.2.